The first kappa shape index (κ1) is 25.9. The third kappa shape index (κ3) is 5.07. The number of esters is 1. The van der Waals surface area contributed by atoms with Gasteiger partial charge in [-0.3, -0.25) is 9.36 Å². The number of rotatable bonds is 6. The molecule has 2 aromatic carbocycles. The van der Waals surface area contributed by atoms with Gasteiger partial charge in [-0.1, -0.05) is 52.7 Å². The van der Waals surface area contributed by atoms with Crippen LogP contribution in [-0.4, -0.2) is 23.8 Å². The number of fused-ring (bicyclic) bond motifs is 1. The van der Waals surface area contributed by atoms with Crippen molar-refractivity contribution >= 4 is 69.2 Å². The molecule has 2 heterocycles. The largest absolute Gasteiger partial charge is 0.492 e. The van der Waals surface area contributed by atoms with Crippen LogP contribution in [0.2, 0.25) is 10.0 Å². The van der Waals surface area contributed by atoms with Crippen molar-refractivity contribution in [3.63, 3.8) is 0 Å². The Morgan fingerprint density at radius 2 is 1.97 bits per heavy atom. The Hall–Kier alpha value is -2.14. The van der Waals surface area contributed by atoms with Crippen molar-refractivity contribution in [3.8, 4) is 5.75 Å². The van der Waals surface area contributed by atoms with Crippen LogP contribution in [0.4, 0.5) is 0 Å². The van der Waals surface area contributed by atoms with Crippen LogP contribution in [-0.2, 0) is 9.53 Å². The minimum Gasteiger partial charge on any atom is -0.492 e. The standard InChI is InChI=1S/C25H21Cl2IN2O4S/c1-4-33-22-14(10-15(26)12-18(22)28)11-19-23(31)30-21(16-8-6-7-9-17(16)27)20(24(32)34-5-2)13(3)29-25(30)35-19/h6-12,21H,4-5H2,1-3H3/b19-11-/t21-/m0/s1. The molecule has 0 saturated heterocycles. The van der Waals surface area contributed by atoms with Gasteiger partial charge in [0.15, 0.2) is 4.80 Å². The summed E-state index contributed by atoms with van der Waals surface area (Å²) in [4.78, 5) is 31.8. The SMILES string of the molecule is CCOC(=O)C1=C(C)N=c2s/c(=C\c3cc(Cl)cc(I)c3OCC)c(=O)n2[C@H]1c1ccccc1Cl. The summed E-state index contributed by atoms with van der Waals surface area (Å²) in [6.07, 6.45) is 1.75. The van der Waals surface area contributed by atoms with Gasteiger partial charge in [-0.2, -0.15) is 0 Å². The molecule has 1 aliphatic heterocycles. The van der Waals surface area contributed by atoms with E-state index in [1.165, 1.54) is 15.9 Å². The average molecular weight is 643 g/mol. The van der Waals surface area contributed by atoms with Crippen molar-refractivity contribution < 1.29 is 14.3 Å². The molecule has 0 amide bonds. The molecule has 10 heteroatoms. The first-order valence-electron chi connectivity index (χ1n) is 10.8. The second-order valence-electron chi connectivity index (χ2n) is 7.56. The molecule has 0 unspecified atom stereocenters. The minimum absolute atomic E-state index is 0.197. The fraction of sp³-hybridized carbons (Fsp3) is 0.240. The van der Waals surface area contributed by atoms with E-state index >= 15 is 0 Å². The number of thiazole rings is 1. The molecule has 0 aliphatic carbocycles. The summed E-state index contributed by atoms with van der Waals surface area (Å²) in [7, 11) is 0. The second-order valence-corrected chi connectivity index (χ2v) is 10.6. The smallest absolute Gasteiger partial charge is 0.338 e. The lowest BCUT2D eigenvalue weighted by Crippen LogP contribution is -2.40. The van der Waals surface area contributed by atoms with Crippen LogP contribution in [0.5, 0.6) is 5.75 Å². The van der Waals surface area contributed by atoms with Gasteiger partial charge in [0.2, 0.25) is 0 Å². The Morgan fingerprint density at radius 3 is 2.66 bits per heavy atom. The zero-order valence-corrected chi connectivity index (χ0v) is 23.6. The van der Waals surface area contributed by atoms with E-state index in [1.807, 2.05) is 13.0 Å². The normalized spacial score (nSPS) is 15.6. The Labute approximate surface area is 229 Å². The Bertz CT molecular complexity index is 1530. The number of ether oxygens (including phenoxy) is 2. The number of hydrogen-bond acceptors (Lipinski definition) is 6. The van der Waals surface area contributed by atoms with E-state index in [1.54, 1.807) is 50.3 Å². The summed E-state index contributed by atoms with van der Waals surface area (Å²) in [5, 5.41) is 0.970. The van der Waals surface area contributed by atoms with Crippen LogP contribution >= 0.6 is 57.1 Å². The number of halogens is 3. The maximum absolute atomic E-state index is 13.8. The highest BCUT2D eigenvalue weighted by Gasteiger charge is 2.34. The maximum Gasteiger partial charge on any atom is 0.338 e. The predicted octanol–water partition coefficient (Wildman–Crippen LogP) is 5.11. The van der Waals surface area contributed by atoms with Gasteiger partial charge in [0.1, 0.15) is 11.8 Å². The van der Waals surface area contributed by atoms with E-state index in [0.717, 1.165) is 3.57 Å². The van der Waals surface area contributed by atoms with E-state index < -0.39 is 12.0 Å². The van der Waals surface area contributed by atoms with Crippen LogP contribution in [0.1, 0.15) is 37.9 Å². The van der Waals surface area contributed by atoms with Crippen LogP contribution in [0.3, 0.4) is 0 Å². The molecule has 0 radical (unpaired) electrons. The maximum atomic E-state index is 13.8. The van der Waals surface area contributed by atoms with Gasteiger partial charge >= 0.3 is 5.97 Å². The van der Waals surface area contributed by atoms with Gasteiger partial charge in [-0.05, 0) is 73.2 Å². The van der Waals surface area contributed by atoms with Crippen LogP contribution in [0.15, 0.2) is 57.5 Å². The Balaban J connectivity index is 2.00. The molecule has 35 heavy (non-hydrogen) atoms. The molecule has 0 N–H and O–H groups in total. The van der Waals surface area contributed by atoms with E-state index in [-0.39, 0.29) is 17.7 Å². The summed E-state index contributed by atoms with van der Waals surface area (Å²) >= 11 is 16.2. The number of benzene rings is 2. The van der Waals surface area contributed by atoms with E-state index in [4.69, 9.17) is 32.7 Å². The Kier molecular flexibility index (Phi) is 8.05. The first-order chi connectivity index (χ1) is 16.8. The lowest BCUT2D eigenvalue weighted by atomic mass is 9.96. The summed E-state index contributed by atoms with van der Waals surface area (Å²) in [6.45, 7) is 6.03. The molecule has 1 aliphatic rings. The molecule has 1 atom stereocenters. The van der Waals surface area contributed by atoms with Crippen molar-refractivity contribution in [2.75, 3.05) is 13.2 Å². The topological polar surface area (TPSA) is 69.9 Å². The molecule has 0 fully saturated rings. The number of carbonyl (C=O) groups is 1. The van der Waals surface area contributed by atoms with E-state index in [9.17, 15) is 9.59 Å². The van der Waals surface area contributed by atoms with E-state index in [0.29, 0.717) is 48.6 Å². The second kappa shape index (κ2) is 10.9. The highest BCUT2D eigenvalue weighted by molar-refractivity contribution is 14.1. The van der Waals surface area contributed by atoms with Gasteiger partial charge in [0.25, 0.3) is 5.56 Å². The first-order valence-corrected chi connectivity index (χ1v) is 13.5. The van der Waals surface area contributed by atoms with Crippen molar-refractivity contribution in [2.24, 2.45) is 4.99 Å². The van der Waals surface area contributed by atoms with Crippen LogP contribution in [0, 0.1) is 3.57 Å². The molecule has 0 bridgehead atoms. The van der Waals surface area contributed by atoms with Crippen LogP contribution in [0.25, 0.3) is 6.08 Å². The monoisotopic (exact) mass is 642 g/mol. The molecular formula is C25H21Cl2IN2O4S. The van der Waals surface area contributed by atoms with Gasteiger partial charge < -0.3 is 9.47 Å². The van der Waals surface area contributed by atoms with Crippen molar-refractivity contribution in [2.45, 2.75) is 26.8 Å². The summed E-state index contributed by atoms with van der Waals surface area (Å²) in [5.74, 6) is 0.116. The number of carbonyl (C=O) groups excluding carboxylic acids is 1. The lowest BCUT2D eigenvalue weighted by molar-refractivity contribution is -0.139. The zero-order chi connectivity index (χ0) is 25.3. The molecule has 3 aromatic rings. The molecule has 182 valence electrons. The fourth-order valence-corrected chi connectivity index (χ4v) is 6.40. The summed E-state index contributed by atoms with van der Waals surface area (Å²) < 4.78 is 13.9. The molecular weight excluding hydrogens is 622 g/mol. The third-order valence-corrected chi connectivity index (χ3v) is 7.68. The fourth-order valence-electron chi connectivity index (χ4n) is 3.91. The Morgan fingerprint density at radius 1 is 1.23 bits per heavy atom. The van der Waals surface area contributed by atoms with Gasteiger partial charge in [-0.25, -0.2) is 9.79 Å². The molecule has 0 spiro atoms. The van der Waals surface area contributed by atoms with Crippen molar-refractivity contribution in [3.05, 3.63) is 92.1 Å². The van der Waals surface area contributed by atoms with Crippen LogP contribution < -0.4 is 19.6 Å². The van der Waals surface area contributed by atoms with Gasteiger partial charge in [0, 0.05) is 15.6 Å². The molecule has 6 nitrogen and oxygen atoms in total. The van der Waals surface area contributed by atoms with E-state index in [2.05, 4.69) is 27.6 Å². The predicted molar refractivity (Wildman–Crippen MR) is 147 cm³/mol. The molecule has 0 saturated carbocycles. The lowest BCUT2D eigenvalue weighted by Gasteiger charge is -2.25. The number of allylic oxidation sites excluding steroid dienone is 1. The molecule has 4 rings (SSSR count). The van der Waals surface area contributed by atoms with Crippen molar-refractivity contribution in [1.29, 1.82) is 0 Å². The number of nitrogens with zero attached hydrogens (tertiary/aromatic N) is 2. The summed E-state index contributed by atoms with van der Waals surface area (Å²) in [5.41, 5.74) is 1.77. The minimum atomic E-state index is -0.771. The third-order valence-electron chi connectivity index (χ3n) is 5.33. The quantitative estimate of drug-likeness (QED) is 0.277. The number of hydrogen-bond donors (Lipinski definition) is 0. The zero-order valence-electron chi connectivity index (χ0n) is 19.1. The highest BCUT2D eigenvalue weighted by Crippen LogP contribution is 2.34. The van der Waals surface area contributed by atoms with Crippen molar-refractivity contribution in [1.82, 2.24) is 4.57 Å². The highest BCUT2D eigenvalue weighted by atomic mass is 127. The average Bonchev–Trinajstić information content (AvgIpc) is 3.10. The molecule has 1 aromatic heterocycles. The number of aromatic nitrogens is 1. The van der Waals surface area contributed by atoms with Gasteiger partial charge in [0.05, 0.1) is 32.6 Å². The van der Waals surface area contributed by atoms with Gasteiger partial charge in [-0.15, -0.1) is 0 Å². The summed E-state index contributed by atoms with van der Waals surface area (Å²) in [6, 6.07) is 9.93.